The van der Waals surface area contributed by atoms with Crippen molar-refractivity contribution in [1.29, 1.82) is 0 Å². The summed E-state index contributed by atoms with van der Waals surface area (Å²) in [5, 5.41) is 3.36. The maximum Gasteiger partial charge on any atom is 0.129 e. The van der Waals surface area contributed by atoms with Gasteiger partial charge in [-0.05, 0) is 49.1 Å². The highest BCUT2D eigenvalue weighted by molar-refractivity contribution is 5.66. The van der Waals surface area contributed by atoms with Gasteiger partial charge in [0.2, 0.25) is 0 Å². The molecule has 2 aromatic rings. The first-order valence-electron chi connectivity index (χ1n) is 6.99. The van der Waals surface area contributed by atoms with Crippen LogP contribution in [0.4, 0.5) is 10.2 Å². The number of hydrogen-bond acceptors (Lipinski definition) is 2. The molecule has 1 aromatic carbocycles. The molecule has 0 aliphatic heterocycles. The molecule has 1 aromatic heterocycles. The summed E-state index contributed by atoms with van der Waals surface area (Å²) in [7, 11) is 0. The van der Waals surface area contributed by atoms with E-state index in [-0.39, 0.29) is 5.82 Å². The highest BCUT2D eigenvalue weighted by Crippen LogP contribution is 2.28. The number of aromatic nitrogens is 1. The van der Waals surface area contributed by atoms with Gasteiger partial charge in [0.05, 0.1) is 0 Å². The Bertz CT molecular complexity index is 591. The third kappa shape index (κ3) is 3.35. The third-order valence-electron chi connectivity index (χ3n) is 3.12. The third-order valence-corrected chi connectivity index (χ3v) is 3.12. The maximum atomic E-state index is 13.3. The fraction of sp³-hybridized carbons (Fsp3) is 0.353. The molecule has 106 valence electrons. The summed E-state index contributed by atoms with van der Waals surface area (Å²) in [5.74, 6) is 1.05. The maximum absolute atomic E-state index is 13.3. The summed E-state index contributed by atoms with van der Waals surface area (Å²) in [5.41, 5.74) is 2.96. The SMILES string of the molecule is CC(C)Nc1ncc(-c2cccc(F)c2)cc1C(C)C. The molecule has 1 heterocycles. The van der Waals surface area contributed by atoms with Crippen LogP contribution in [-0.2, 0) is 0 Å². The zero-order chi connectivity index (χ0) is 14.7. The number of nitrogens with one attached hydrogen (secondary N) is 1. The number of anilines is 1. The predicted molar refractivity (Wildman–Crippen MR) is 82.5 cm³/mol. The van der Waals surface area contributed by atoms with Gasteiger partial charge in [-0.15, -0.1) is 0 Å². The zero-order valence-electron chi connectivity index (χ0n) is 12.4. The average molecular weight is 272 g/mol. The molecule has 0 unspecified atom stereocenters. The monoisotopic (exact) mass is 272 g/mol. The number of rotatable bonds is 4. The van der Waals surface area contributed by atoms with E-state index in [1.165, 1.54) is 12.1 Å². The lowest BCUT2D eigenvalue weighted by Gasteiger charge is -2.17. The van der Waals surface area contributed by atoms with Crippen LogP contribution in [0.3, 0.4) is 0 Å². The van der Waals surface area contributed by atoms with Crippen molar-refractivity contribution >= 4 is 5.82 Å². The van der Waals surface area contributed by atoms with Gasteiger partial charge in [0.1, 0.15) is 11.6 Å². The molecule has 0 fully saturated rings. The summed E-state index contributed by atoms with van der Waals surface area (Å²) in [6, 6.07) is 9.04. The molecule has 0 aliphatic rings. The van der Waals surface area contributed by atoms with Gasteiger partial charge in [-0.1, -0.05) is 26.0 Å². The van der Waals surface area contributed by atoms with E-state index in [0.717, 1.165) is 22.5 Å². The second-order valence-corrected chi connectivity index (χ2v) is 5.63. The summed E-state index contributed by atoms with van der Waals surface area (Å²) in [6.07, 6.45) is 1.80. The van der Waals surface area contributed by atoms with E-state index in [9.17, 15) is 4.39 Å². The Morgan fingerprint density at radius 3 is 2.40 bits per heavy atom. The smallest absolute Gasteiger partial charge is 0.129 e. The van der Waals surface area contributed by atoms with E-state index in [4.69, 9.17) is 0 Å². The summed E-state index contributed by atoms with van der Waals surface area (Å²) in [6.45, 7) is 8.45. The van der Waals surface area contributed by atoms with E-state index >= 15 is 0 Å². The van der Waals surface area contributed by atoms with Gasteiger partial charge in [0.15, 0.2) is 0 Å². The second-order valence-electron chi connectivity index (χ2n) is 5.63. The Kier molecular flexibility index (Phi) is 4.38. The van der Waals surface area contributed by atoms with E-state index < -0.39 is 0 Å². The highest BCUT2D eigenvalue weighted by Gasteiger charge is 2.11. The number of pyridine rings is 1. The summed E-state index contributed by atoms with van der Waals surface area (Å²) >= 11 is 0. The highest BCUT2D eigenvalue weighted by atomic mass is 19.1. The molecule has 20 heavy (non-hydrogen) atoms. The van der Waals surface area contributed by atoms with Crippen molar-refractivity contribution in [2.45, 2.75) is 39.7 Å². The Labute approximate surface area is 120 Å². The Morgan fingerprint density at radius 2 is 1.80 bits per heavy atom. The molecule has 0 bridgehead atoms. The molecule has 3 heteroatoms. The van der Waals surface area contributed by atoms with Crippen molar-refractivity contribution in [3.63, 3.8) is 0 Å². The largest absolute Gasteiger partial charge is 0.368 e. The van der Waals surface area contributed by atoms with Crippen molar-refractivity contribution in [1.82, 2.24) is 4.98 Å². The summed E-state index contributed by atoms with van der Waals surface area (Å²) in [4.78, 5) is 4.51. The standard InChI is InChI=1S/C17H21FN2/c1-11(2)16-9-14(10-19-17(16)20-12(3)4)13-6-5-7-15(18)8-13/h5-12H,1-4H3,(H,19,20). The summed E-state index contributed by atoms with van der Waals surface area (Å²) < 4.78 is 13.3. The minimum atomic E-state index is -0.224. The lowest BCUT2D eigenvalue weighted by atomic mass is 9.99. The quantitative estimate of drug-likeness (QED) is 0.862. The van der Waals surface area contributed by atoms with Gasteiger partial charge in [0, 0.05) is 17.8 Å². The van der Waals surface area contributed by atoms with Gasteiger partial charge in [0.25, 0.3) is 0 Å². The molecule has 2 nitrogen and oxygen atoms in total. The van der Waals surface area contributed by atoms with Crippen LogP contribution in [0.5, 0.6) is 0 Å². The molecule has 0 saturated carbocycles. The van der Waals surface area contributed by atoms with Crippen LogP contribution in [0.1, 0.15) is 39.2 Å². The lowest BCUT2D eigenvalue weighted by Crippen LogP contribution is -2.13. The fourth-order valence-corrected chi connectivity index (χ4v) is 2.14. The Balaban J connectivity index is 2.44. The molecule has 2 rings (SSSR count). The molecule has 0 atom stereocenters. The van der Waals surface area contributed by atoms with Crippen LogP contribution >= 0.6 is 0 Å². The Morgan fingerprint density at radius 1 is 1.05 bits per heavy atom. The zero-order valence-corrected chi connectivity index (χ0v) is 12.4. The molecule has 0 spiro atoms. The number of halogens is 1. The van der Waals surface area contributed by atoms with Crippen molar-refractivity contribution in [2.75, 3.05) is 5.32 Å². The molecular formula is C17H21FN2. The average Bonchev–Trinajstić information content (AvgIpc) is 2.38. The topological polar surface area (TPSA) is 24.9 Å². The van der Waals surface area contributed by atoms with E-state index in [0.29, 0.717) is 12.0 Å². The normalized spacial score (nSPS) is 11.2. The van der Waals surface area contributed by atoms with Crippen LogP contribution in [0.15, 0.2) is 36.5 Å². The first kappa shape index (κ1) is 14.5. The second kappa shape index (κ2) is 6.04. The van der Waals surface area contributed by atoms with Crippen LogP contribution in [0.2, 0.25) is 0 Å². The van der Waals surface area contributed by atoms with Gasteiger partial charge >= 0.3 is 0 Å². The molecule has 0 amide bonds. The molecule has 0 radical (unpaired) electrons. The minimum absolute atomic E-state index is 0.224. The Hall–Kier alpha value is -1.90. The number of nitrogens with zero attached hydrogens (tertiary/aromatic N) is 1. The number of hydrogen-bond donors (Lipinski definition) is 1. The van der Waals surface area contributed by atoms with Gasteiger partial charge in [-0.3, -0.25) is 0 Å². The van der Waals surface area contributed by atoms with Crippen LogP contribution < -0.4 is 5.32 Å². The van der Waals surface area contributed by atoms with Crippen LogP contribution in [-0.4, -0.2) is 11.0 Å². The number of benzene rings is 1. The molecule has 1 N–H and O–H groups in total. The van der Waals surface area contributed by atoms with Crippen LogP contribution in [0.25, 0.3) is 11.1 Å². The lowest BCUT2D eigenvalue weighted by molar-refractivity contribution is 0.628. The van der Waals surface area contributed by atoms with Crippen molar-refractivity contribution < 1.29 is 4.39 Å². The van der Waals surface area contributed by atoms with Gasteiger partial charge < -0.3 is 5.32 Å². The van der Waals surface area contributed by atoms with Crippen LogP contribution in [0, 0.1) is 5.82 Å². The molecular weight excluding hydrogens is 251 g/mol. The van der Waals surface area contributed by atoms with Crippen molar-refractivity contribution in [3.8, 4) is 11.1 Å². The molecule has 0 aliphatic carbocycles. The van der Waals surface area contributed by atoms with Crippen molar-refractivity contribution in [3.05, 3.63) is 47.9 Å². The van der Waals surface area contributed by atoms with E-state index in [2.05, 4.69) is 44.1 Å². The first-order chi connectivity index (χ1) is 9.47. The van der Waals surface area contributed by atoms with E-state index in [1.54, 1.807) is 12.3 Å². The fourth-order valence-electron chi connectivity index (χ4n) is 2.14. The predicted octanol–water partition coefficient (Wildman–Crippen LogP) is 4.83. The molecule has 0 saturated heterocycles. The minimum Gasteiger partial charge on any atom is -0.368 e. The van der Waals surface area contributed by atoms with Gasteiger partial charge in [-0.2, -0.15) is 0 Å². The van der Waals surface area contributed by atoms with Gasteiger partial charge in [-0.25, -0.2) is 9.37 Å². The van der Waals surface area contributed by atoms with Crippen molar-refractivity contribution in [2.24, 2.45) is 0 Å². The van der Waals surface area contributed by atoms with E-state index in [1.807, 2.05) is 6.07 Å². The first-order valence-corrected chi connectivity index (χ1v) is 6.99.